The first-order valence-electron chi connectivity index (χ1n) is 4.80. The van der Waals surface area contributed by atoms with E-state index < -0.39 is 5.60 Å². The van der Waals surface area contributed by atoms with Gasteiger partial charge in [-0.2, -0.15) is 0 Å². The monoisotopic (exact) mass is 213 g/mol. The second-order valence-electron chi connectivity index (χ2n) is 3.70. The Morgan fingerprint density at radius 2 is 2.29 bits per heavy atom. The van der Waals surface area contributed by atoms with Crippen molar-refractivity contribution in [2.75, 3.05) is 13.1 Å². The SMILES string of the molecule is NC(c1nccs1)C1(O)CCNCC1. The zero-order valence-electron chi connectivity index (χ0n) is 7.94. The molecule has 4 N–H and O–H groups in total. The van der Waals surface area contributed by atoms with Gasteiger partial charge in [-0.05, 0) is 25.9 Å². The van der Waals surface area contributed by atoms with Gasteiger partial charge in [0.25, 0.3) is 0 Å². The highest BCUT2D eigenvalue weighted by Crippen LogP contribution is 2.31. The molecule has 0 aliphatic carbocycles. The van der Waals surface area contributed by atoms with Gasteiger partial charge in [0.2, 0.25) is 0 Å². The molecular formula is C9H15N3OS. The summed E-state index contributed by atoms with van der Waals surface area (Å²) < 4.78 is 0. The van der Waals surface area contributed by atoms with Gasteiger partial charge in [0.15, 0.2) is 0 Å². The Morgan fingerprint density at radius 1 is 1.57 bits per heavy atom. The van der Waals surface area contributed by atoms with Crippen molar-refractivity contribution in [1.82, 2.24) is 10.3 Å². The van der Waals surface area contributed by atoms with Gasteiger partial charge in [-0.3, -0.25) is 0 Å². The highest BCUT2D eigenvalue weighted by molar-refractivity contribution is 7.09. The van der Waals surface area contributed by atoms with Crippen LogP contribution in [0.3, 0.4) is 0 Å². The Balaban J connectivity index is 2.13. The molecule has 78 valence electrons. The van der Waals surface area contributed by atoms with E-state index in [9.17, 15) is 5.11 Å². The summed E-state index contributed by atoms with van der Waals surface area (Å²) in [6.07, 6.45) is 3.13. The lowest BCUT2D eigenvalue weighted by atomic mass is 9.86. The molecule has 4 nitrogen and oxygen atoms in total. The maximum absolute atomic E-state index is 10.3. The molecule has 0 spiro atoms. The molecule has 1 aromatic rings. The van der Waals surface area contributed by atoms with Crippen molar-refractivity contribution in [1.29, 1.82) is 0 Å². The van der Waals surface area contributed by atoms with Crippen molar-refractivity contribution in [2.24, 2.45) is 5.73 Å². The summed E-state index contributed by atoms with van der Waals surface area (Å²) >= 11 is 1.51. The number of hydrogen-bond donors (Lipinski definition) is 3. The Hall–Kier alpha value is -0.490. The largest absolute Gasteiger partial charge is 0.388 e. The van der Waals surface area contributed by atoms with Crippen LogP contribution in [0.4, 0.5) is 0 Å². The Bertz CT molecular complexity index is 282. The fourth-order valence-electron chi connectivity index (χ4n) is 1.79. The van der Waals surface area contributed by atoms with Crippen LogP contribution >= 0.6 is 11.3 Å². The molecule has 1 atom stereocenters. The van der Waals surface area contributed by atoms with Gasteiger partial charge < -0.3 is 16.2 Å². The minimum Gasteiger partial charge on any atom is -0.388 e. The van der Waals surface area contributed by atoms with Crippen LogP contribution in [-0.2, 0) is 0 Å². The lowest BCUT2D eigenvalue weighted by molar-refractivity contribution is -0.0143. The average molecular weight is 213 g/mol. The summed E-state index contributed by atoms with van der Waals surface area (Å²) in [5, 5.41) is 16.2. The topological polar surface area (TPSA) is 71.2 Å². The van der Waals surface area contributed by atoms with Crippen LogP contribution in [0.5, 0.6) is 0 Å². The van der Waals surface area contributed by atoms with Crippen molar-refractivity contribution in [2.45, 2.75) is 24.5 Å². The number of nitrogens with two attached hydrogens (primary N) is 1. The first-order chi connectivity index (χ1) is 6.72. The predicted molar refractivity (Wildman–Crippen MR) is 56.1 cm³/mol. The van der Waals surface area contributed by atoms with Gasteiger partial charge >= 0.3 is 0 Å². The molecule has 0 aromatic carbocycles. The fourth-order valence-corrected chi connectivity index (χ4v) is 2.54. The first-order valence-corrected chi connectivity index (χ1v) is 5.68. The van der Waals surface area contributed by atoms with Crippen LogP contribution < -0.4 is 11.1 Å². The summed E-state index contributed by atoms with van der Waals surface area (Å²) in [6.45, 7) is 1.66. The predicted octanol–water partition coefficient (Wildman–Crippen LogP) is 0.257. The maximum atomic E-state index is 10.3. The number of aromatic nitrogens is 1. The fraction of sp³-hybridized carbons (Fsp3) is 0.667. The van der Waals surface area contributed by atoms with E-state index in [0.717, 1.165) is 18.1 Å². The number of piperidine rings is 1. The summed E-state index contributed by atoms with van der Waals surface area (Å²) in [4.78, 5) is 4.15. The first kappa shape index (κ1) is 10.0. The number of nitrogens with one attached hydrogen (secondary N) is 1. The third-order valence-electron chi connectivity index (χ3n) is 2.77. The normalized spacial score (nSPS) is 23.3. The smallest absolute Gasteiger partial charge is 0.112 e. The van der Waals surface area contributed by atoms with Gasteiger partial charge in [-0.15, -0.1) is 11.3 Å². The zero-order valence-corrected chi connectivity index (χ0v) is 8.76. The Morgan fingerprint density at radius 3 is 2.86 bits per heavy atom. The molecular weight excluding hydrogens is 198 g/mol. The van der Waals surface area contributed by atoms with E-state index in [2.05, 4.69) is 10.3 Å². The van der Waals surface area contributed by atoms with Crippen LogP contribution in [-0.4, -0.2) is 28.8 Å². The molecule has 1 fully saturated rings. The molecule has 0 saturated carbocycles. The van der Waals surface area contributed by atoms with E-state index >= 15 is 0 Å². The van der Waals surface area contributed by atoms with Gasteiger partial charge in [0.05, 0.1) is 11.6 Å². The minimum atomic E-state index is -0.775. The average Bonchev–Trinajstić information content (AvgIpc) is 2.70. The number of nitrogens with zero attached hydrogens (tertiary/aromatic N) is 1. The summed E-state index contributed by atoms with van der Waals surface area (Å²) in [6, 6.07) is -0.343. The molecule has 1 saturated heterocycles. The molecule has 1 unspecified atom stereocenters. The van der Waals surface area contributed by atoms with Crippen LogP contribution in [0.1, 0.15) is 23.9 Å². The Labute approximate surface area is 87.2 Å². The van der Waals surface area contributed by atoms with E-state index in [4.69, 9.17) is 5.73 Å². The molecule has 1 aliphatic heterocycles. The van der Waals surface area contributed by atoms with E-state index in [0.29, 0.717) is 12.8 Å². The quantitative estimate of drug-likeness (QED) is 0.659. The van der Waals surface area contributed by atoms with Crippen molar-refractivity contribution in [3.8, 4) is 0 Å². The van der Waals surface area contributed by atoms with Crippen molar-refractivity contribution >= 4 is 11.3 Å². The maximum Gasteiger partial charge on any atom is 0.112 e. The second kappa shape index (κ2) is 3.94. The minimum absolute atomic E-state index is 0.343. The third-order valence-corrected chi connectivity index (χ3v) is 3.62. The Kier molecular flexibility index (Phi) is 2.83. The van der Waals surface area contributed by atoms with E-state index in [-0.39, 0.29) is 6.04 Å². The van der Waals surface area contributed by atoms with Crippen LogP contribution in [0.25, 0.3) is 0 Å². The standard InChI is InChI=1S/C9H15N3OS/c10-7(8-12-5-6-14-8)9(13)1-3-11-4-2-9/h5-7,11,13H,1-4,10H2. The van der Waals surface area contributed by atoms with E-state index in [1.807, 2.05) is 5.38 Å². The molecule has 5 heteroatoms. The zero-order chi connectivity index (χ0) is 10.0. The van der Waals surface area contributed by atoms with Gasteiger partial charge in [-0.1, -0.05) is 0 Å². The lowest BCUT2D eigenvalue weighted by Crippen LogP contribution is -2.49. The lowest BCUT2D eigenvalue weighted by Gasteiger charge is -2.36. The molecule has 1 aliphatic rings. The van der Waals surface area contributed by atoms with Crippen LogP contribution in [0.2, 0.25) is 0 Å². The van der Waals surface area contributed by atoms with Crippen molar-refractivity contribution < 1.29 is 5.11 Å². The molecule has 14 heavy (non-hydrogen) atoms. The van der Waals surface area contributed by atoms with E-state index in [1.165, 1.54) is 11.3 Å². The highest BCUT2D eigenvalue weighted by atomic mass is 32.1. The van der Waals surface area contributed by atoms with Gasteiger partial charge in [0, 0.05) is 11.6 Å². The van der Waals surface area contributed by atoms with Gasteiger partial charge in [0.1, 0.15) is 5.01 Å². The number of thiazole rings is 1. The number of hydrogen-bond acceptors (Lipinski definition) is 5. The van der Waals surface area contributed by atoms with E-state index in [1.54, 1.807) is 6.20 Å². The van der Waals surface area contributed by atoms with Crippen molar-refractivity contribution in [3.05, 3.63) is 16.6 Å². The summed E-state index contributed by atoms with van der Waals surface area (Å²) in [5.41, 5.74) is 5.24. The number of rotatable bonds is 2. The molecule has 2 heterocycles. The molecule has 2 rings (SSSR count). The van der Waals surface area contributed by atoms with Crippen LogP contribution in [0.15, 0.2) is 11.6 Å². The molecule has 1 aromatic heterocycles. The highest BCUT2D eigenvalue weighted by Gasteiger charge is 2.37. The molecule has 0 bridgehead atoms. The van der Waals surface area contributed by atoms with Gasteiger partial charge in [-0.25, -0.2) is 4.98 Å². The van der Waals surface area contributed by atoms with Crippen molar-refractivity contribution in [3.63, 3.8) is 0 Å². The third kappa shape index (κ3) is 1.81. The summed E-state index contributed by atoms with van der Waals surface area (Å²) in [7, 11) is 0. The number of aliphatic hydroxyl groups is 1. The second-order valence-corrected chi connectivity index (χ2v) is 4.63. The molecule has 0 amide bonds. The van der Waals surface area contributed by atoms with Crippen LogP contribution in [0, 0.1) is 0 Å². The molecule has 0 radical (unpaired) electrons. The summed E-state index contributed by atoms with van der Waals surface area (Å²) in [5.74, 6) is 0.